The fourth-order valence-electron chi connectivity index (χ4n) is 2.20. The summed E-state index contributed by atoms with van der Waals surface area (Å²) in [6.07, 6.45) is 0. The summed E-state index contributed by atoms with van der Waals surface area (Å²) in [5, 5.41) is 30.3. The summed E-state index contributed by atoms with van der Waals surface area (Å²) in [7, 11) is 2.66. The van der Waals surface area contributed by atoms with Gasteiger partial charge >= 0.3 is 5.97 Å². The SMILES string of the molecule is COc1ccc([N+](=O)[O-])c(COC(=O)c2cccc(O)c2O)c1OC. The van der Waals surface area contributed by atoms with Gasteiger partial charge in [-0.2, -0.15) is 0 Å². The smallest absolute Gasteiger partial charge is 0.342 e. The lowest BCUT2D eigenvalue weighted by atomic mass is 10.1. The average molecular weight is 349 g/mol. The first-order chi connectivity index (χ1) is 11.9. The molecule has 0 spiro atoms. The van der Waals surface area contributed by atoms with Crippen molar-refractivity contribution in [2.75, 3.05) is 14.2 Å². The van der Waals surface area contributed by atoms with Gasteiger partial charge < -0.3 is 24.4 Å². The van der Waals surface area contributed by atoms with Gasteiger partial charge in [-0.3, -0.25) is 10.1 Å². The van der Waals surface area contributed by atoms with Crippen molar-refractivity contribution in [3.63, 3.8) is 0 Å². The van der Waals surface area contributed by atoms with Crippen LogP contribution in [0.5, 0.6) is 23.0 Å². The number of ether oxygens (including phenoxy) is 3. The van der Waals surface area contributed by atoms with Crippen LogP contribution in [0.1, 0.15) is 15.9 Å². The lowest BCUT2D eigenvalue weighted by Crippen LogP contribution is -2.08. The quantitative estimate of drug-likeness (QED) is 0.352. The summed E-state index contributed by atoms with van der Waals surface area (Å²) in [6, 6.07) is 6.36. The number of nitrogens with zero attached hydrogens (tertiary/aromatic N) is 1. The Morgan fingerprint density at radius 1 is 1.16 bits per heavy atom. The predicted molar refractivity (Wildman–Crippen MR) is 85.1 cm³/mol. The average Bonchev–Trinajstić information content (AvgIpc) is 2.60. The van der Waals surface area contributed by atoms with Crippen LogP contribution in [0.25, 0.3) is 0 Å². The molecule has 0 fully saturated rings. The van der Waals surface area contributed by atoms with Crippen molar-refractivity contribution in [1.82, 2.24) is 0 Å². The van der Waals surface area contributed by atoms with Gasteiger partial charge in [-0.05, 0) is 18.2 Å². The van der Waals surface area contributed by atoms with Crippen molar-refractivity contribution in [1.29, 1.82) is 0 Å². The number of benzene rings is 2. The minimum atomic E-state index is -0.965. The molecule has 0 saturated heterocycles. The van der Waals surface area contributed by atoms with E-state index in [1.165, 1.54) is 44.6 Å². The molecule has 0 radical (unpaired) electrons. The lowest BCUT2D eigenvalue weighted by Gasteiger charge is -2.13. The van der Waals surface area contributed by atoms with E-state index in [0.717, 1.165) is 0 Å². The number of nitro groups is 1. The number of rotatable bonds is 6. The van der Waals surface area contributed by atoms with Gasteiger partial charge in [-0.1, -0.05) is 6.07 Å². The second-order valence-electron chi connectivity index (χ2n) is 4.81. The van der Waals surface area contributed by atoms with E-state index in [-0.39, 0.29) is 28.3 Å². The van der Waals surface area contributed by atoms with Crippen LogP contribution in [-0.4, -0.2) is 35.3 Å². The number of hydrogen-bond acceptors (Lipinski definition) is 8. The van der Waals surface area contributed by atoms with Gasteiger partial charge in [-0.25, -0.2) is 4.79 Å². The molecule has 0 heterocycles. The first-order valence-corrected chi connectivity index (χ1v) is 6.97. The van der Waals surface area contributed by atoms with Crippen LogP contribution >= 0.6 is 0 Å². The maximum Gasteiger partial charge on any atom is 0.342 e. The van der Waals surface area contributed by atoms with Crippen molar-refractivity contribution < 1.29 is 34.1 Å². The minimum Gasteiger partial charge on any atom is -0.504 e. The Morgan fingerprint density at radius 3 is 2.48 bits per heavy atom. The number of phenols is 2. The van der Waals surface area contributed by atoms with Gasteiger partial charge in [0.1, 0.15) is 17.7 Å². The largest absolute Gasteiger partial charge is 0.504 e. The number of methoxy groups -OCH3 is 2. The molecule has 0 aliphatic rings. The molecule has 0 saturated carbocycles. The number of aromatic hydroxyl groups is 2. The normalized spacial score (nSPS) is 10.2. The molecular weight excluding hydrogens is 334 g/mol. The number of phenolic OH excluding ortho intramolecular Hbond substituents is 2. The summed E-state index contributed by atoms with van der Waals surface area (Å²) >= 11 is 0. The Bertz CT molecular complexity index is 818. The van der Waals surface area contributed by atoms with E-state index >= 15 is 0 Å². The molecule has 9 heteroatoms. The summed E-state index contributed by atoms with van der Waals surface area (Å²) in [5.74, 6) is -1.80. The number of nitro benzene ring substituents is 1. The number of hydrogen-bond donors (Lipinski definition) is 2. The topological polar surface area (TPSA) is 128 Å². The van der Waals surface area contributed by atoms with E-state index in [2.05, 4.69) is 0 Å². The Kier molecular flexibility index (Phi) is 5.28. The molecule has 0 bridgehead atoms. The zero-order chi connectivity index (χ0) is 18.6. The molecule has 2 rings (SSSR count). The first kappa shape index (κ1) is 17.9. The molecule has 0 aromatic heterocycles. The zero-order valence-corrected chi connectivity index (χ0v) is 13.4. The third-order valence-corrected chi connectivity index (χ3v) is 3.40. The number of carbonyl (C=O) groups excluding carboxylic acids is 1. The van der Waals surface area contributed by atoms with Gasteiger partial charge in [0.05, 0.1) is 19.1 Å². The highest BCUT2D eigenvalue weighted by Crippen LogP contribution is 2.38. The molecule has 2 N–H and O–H groups in total. The fourth-order valence-corrected chi connectivity index (χ4v) is 2.20. The van der Waals surface area contributed by atoms with Crippen LogP contribution in [0.2, 0.25) is 0 Å². The van der Waals surface area contributed by atoms with Crippen molar-refractivity contribution in [3.05, 3.63) is 51.6 Å². The second-order valence-corrected chi connectivity index (χ2v) is 4.81. The maximum atomic E-state index is 12.1. The summed E-state index contributed by atoms with van der Waals surface area (Å²) in [6.45, 7) is -0.495. The molecule has 25 heavy (non-hydrogen) atoms. The summed E-state index contributed by atoms with van der Waals surface area (Å²) < 4.78 is 15.2. The molecule has 0 amide bonds. The van der Waals surface area contributed by atoms with Gasteiger partial charge in [0.15, 0.2) is 23.0 Å². The Hall–Kier alpha value is -3.49. The molecule has 2 aromatic rings. The number of para-hydroxylation sites is 1. The fraction of sp³-hybridized carbons (Fsp3) is 0.188. The van der Waals surface area contributed by atoms with Gasteiger partial charge in [0.25, 0.3) is 5.69 Å². The Labute approximate surface area is 142 Å². The predicted octanol–water partition coefficient (Wildman–Crippen LogP) is 2.38. The molecule has 0 atom stereocenters. The highest BCUT2D eigenvalue weighted by Gasteiger charge is 2.24. The molecular formula is C16H15NO8. The van der Waals surface area contributed by atoms with E-state index < -0.39 is 29.0 Å². The van der Waals surface area contributed by atoms with Crippen molar-refractivity contribution in [2.24, 2.45) is 0 Å². The third-order valence-electron chi connectivity index (χ3n) is 3.40. The molecule has 2 aromatic carbocycles. The van der Waals surface area contributed by atoms with Crippen molar-refractivity contribution >= 4 is 11.7 Å². The standard InChI is InChI=1S/C16H15NO8/c1-23-13-7-6-11(17(21)22)10(15(13)24-2)8-25-16(20)9-4-3-5-12(18)14(9)19/h3-7,18-19H,8H2,1-2H3. The molecule has 132 valence electrons. The number of esters is 1. The summed E-state index contributed by atoms with van der Waals surface area (Å²) in [5.41, 5.74) is -0.588. The van der Waals surface area contributed by atoms with Gasteiger partial charge in [0.2, 0.25) is 0 Å². The van der Waals surface area contributed by atoms with E-state index in [4.69, 9.17) is 14.2 Å². The van der Waals surface area contributed by atoms with Crippen molar-refractivity contribution in [2.45, 2.75) is 6.61 Å². The van der Waals surface area contributed by atoms with Crippen LogP contribution in [0.3, 0.4) is 0 Å². The van der Waals surface area contributed by atoms with E-state index in [0.29, 0.717) is 0 Å². The Balaban J connectivity index is 2.34. The van der Waals surface area contributed by atoms with E-state index in [1.807, 2.05) is 0 Å². The number of carbonyl (C=O) groups is 1. The highest BCUT2D eigenvalue weighted by molar-refractivity contribution is 5.93. The van der Waals surface area contributed by atoms with Crippen LogP contribution in [-0.2, 0) is 11.3 Å². The molecule has 0 aliphatic carbocycles. The first-order valence-electron chi connectivity index (χ1n) is 6.97. The monoisotopic (exact) mass is 349 g/mol. The van der Waals surface area contributed by atoms with Crippen LogP contribution in [0.4, 0.5) is 5.69 Å². The molecule has 0 unspecified atom stereocenters. The van der Waals surface area contributed by atoms with Gasteiger partial charge in [0, 0.05) is 6.07 Å². The minimum absolute atomic E-state index is 0.000146. The second kappa shape index (κ2) is 7.39. The molecule has 9 nitrogen and oxygen atoms in total. The van der Waals surface area contributed by atoms with E-state index in [1.54, 1.807) is 0 Å². The highest BCUT2D eigenvalue weighted by atomic mass is 16.6. The molecule has 0 aliphatic heterocycles. The zero-order valence-electron chi connectivity index (χ0n) is 13.4. The van der Waals surface area contributed by atoms with Crippen LogP contribution < -0.4 is 9.47 Å². The Morgan fingerprint density at radius 2 is 1.88 bits per heavy atom. The van der Waals surface area contributed by atoms with Crippen LogP contribution in [0.15, 0.2) is 30.3 Å². The van der Waals surface area contributed by atoms with Crippen molar-refractivity contribution in [3.8, 4) is 23.0 Å². The van der Waals surface area contributed by atoms with Gasteiger partial charge in [-0.15, -0.1) is 0 Å². The van der Waals surface area contributed by atoms with E-state index in [9.17, 15) is 25.1 Å². The summed E-state index contributed by atoms with van der Waals surface area (Å²) in [4.78, 5) is 22.6. The third kappa shape index (κ3) is 3.55. The lowest BCUT2D eigenvalue weighted by molar-refractivity contribution is -0.385. The maximum absolute atomic E-state index is 12.1. The van der Waals surface area contributed by atoms with Crippen LogP contribution in [0, 0.1) is 10.1 Å².